The first-order chi connectivity index (χ1) is 8.66. The molecule has 1 aromatic carbocycles. The smallest absolute Gasteiger partial charge is 0.171 e. The van der Waals surface area contributed by atoms with Crippen LogP contribution in [0.4, 0.5) is 5.69 Å². The van der Waals surface area contributed by atoms with Crippen LogP contribution in [0.1, 0.15) is 11.3 Å². The highest BCUT2D eigenvalue weighted by Crippen LogP contribution is 2.12. The van der Waals surface area contributed by atoms with Crippen LogP contribution in [0, 0.1) is 6.92 Å². The Kier molecular flexibility index (Phi) is 3.94. The number of thiocarbonyl (C=S) groups is 1. The van der Waals surface area contributed by atoms with E-state index in [2.05, 4.69) is 15.7 Å². The molecule has 1 heterocycles. The normalized spacial score (nSPS) is 10.1. The third-order valence-electron chi connectivity index (χ3n) is 2.75. The van der Waals surface area contributed by atoms with Crippen molar-refractivity contribution in [1.29, 1.82) is 0 Å². The van der Waals surface area contributed by atoms with Gasteiger partial charge in [0.2, 0.25) is 0 Å². The molecule has 0 unspecified atom stereocenters. The number of aromatic nitrogens is 2. The number of benzene rings is 1. The Hall–Kier alpha value is -1.88. The summed E-state index contributed by atoms with van der Waals surface area (Å²) in [6.07, 6.45) is 1.77. The average molecular weight is 260 g/mol. The number of hydrogen-bond acceptors (Lipinski definition) is 2. The zero-order chi connectivity index (χ0) is 13.0. The minimum absolute atomic E-state index is 0.616. The molecule has 0 atom stereocenters. The Labute approximate surface area is 112 Å². The van der Waals surface area contributed by atoms with E-state index < -0.39 is 0 Å². The van der Waals surface area contributed by atoms with E-state index in [0.29, 0.717) is 11.7 Å². The summed E-state index contributed by atoms with van der Waals surface area (Å²) in [5, 5.41) is 11.1. The lowest BCUT2D eigenvalue weighted by Crippen LogP contribution is -2.28. The molecular weight excluding hydrogens is 244 g/mol. The van der Waals surface area contributed by atoms with Crippen molar-refractivity contribution in [2.45, 2.75) is 13.5 Å². The SMILES string of the molecule is Cc1ccccc1NC(=S)NCc1ccnn1C. The zero-order valence-corrected chi connectivity index (χ0v) is 11.3. The molecule has 0 spiro atoms. The fourth-order valence-electron chi connectivity index (χ4n) is 1.63. The molecule has 0 aliphatic carbocycles. The van der Waals surface area contributed by atoms with Crippen molar-refractivity contribution in [1.82, 2.24) is 15.1 Å². The molecule has 0 saturated heterocycles. The van der Waals surface area contributed by atoms with Crippen molar-refractivity contribution in [3.05, 3.63) is 47.8 Å². The largest absolute Gasteiger partial charge is 0.357 e. The molecule has 0 fully saturated rings. The Morgan fingerprint density at radius 3 is 2.78 bits per heavy atom. The van der Waals surface area contributed by atoms with Crippen molar-refractivity contribution in [2.75, 3.05) is 5.32 Å². The maximum absolute atomic E-state index is 5.26. The van der Waals surface area contributed by atoms with Gasteiger partial charge < -0.3 is 10.6 Å². The predicted molar refractivity (Wildman–Crippen MR) is 77.4 cm³/mol. The van der Waals surface area contributed by atoms with Gasteiger partial charge in [0.05, 0.1) is 12.2 Å². The highest BCUT2D eigenvalue weighted by molar-refractivity contribution is 7.80. The fourth-order valence-corrected chi connectivity index (χ4v) is 1.81. The minimum Gasteiger partial charge on any atom is -0.357 e. The van der Waals surface area contributed by atoms with Crippen LogP contribution in [0.15, 0.2) is 36.5 Å². The van der Waals surface area contributed by atoms with E-state index in [1.54, 1.807) is 6.20 Å². The monoisotopic (exact) mass is 260 g/mol. The second-order valence-corrected chi connectivity index (χ2v) is 4.48. The van der Waals surface area contributed by atoms with Gasteiger partial charge in [-0.25, -0.2) is 0 Å². The van der Waals surface area contributed by atoms with Crippen molar-refractivity contribution >= 4 is 23.0 Å². The summed E-state index contributed by atoms with van der Waals surface area (Å²) in [6, 6.07) is 10.0. The van der Waals surface area contributed by atoms with E-state index in [0.717, 1.165) is 11.4 Å². The maximum Gasteiger partial charge on any atom is 0.171 e. The van der Waals surface area contributed by atoms with Crippen LogP contribution in [-0.4, -0.2) is 14.9 Å². The van der Waals surface area contributed by atoms with E-state index in [4.69, 9.17) is 12.2 Å². The van der Waals surface area contributed by atoms with Gasteiger partial charge in [0.15, 0.2) is 5.11 Å². The Morgan fingerprint density at radius 1 is 1.33 bits per heavy atom. The van der Waals surface area contributed by atoms with E-state index in [1.165, 1.54) is 5.56 Å². The minimum atomic E-state index is 0.616. The average Bonchev–Trinajstić information content (AvgIpc) is 2.75. The third kappa shape index (κ3) is 3.07. The number of anilines is 1. The molecule has 2 rings (SSSR count). The first kappa shape index (κ1) is 12.6. The molecule has 0 aliphatic rings. The Balaban J connectivity index is 1.90. The van der Waals surface area contributed by atoms with Crippen LogP contribution < -0.4 is 10.6 Å². The third-order valence-corrected chi connectivity index (χ3v) is 2.99. The molecule has 1 aromatic heterocycles. The van der Waals surface area contributed by atoms with Crippen molar-refractivity contribution in [2.24, 2.45) is 7.05 Å². The van der Waals surface area contributed by atoms with Gasteiger partial charge in [0.1, 0.15) is 0 Å². The molecule has 5 heteroatoms. The van der Waals surface area contributed by atoms with Crippen molar-refractivity contribution < 1.29 is 0 Å². The molecule has 0 bridgehead atoms. The van der Waals surface area contributed by atoms with Gasteiger partial charge in [-0.2, -0.15) is 5.10 Å². The molecule has 18 heavy (non-hydrogen) atoms. The van der Waals surface area contributed by atoms with Crippen LogP contribution in [0.5, 0.6) is 0 Å². The second kappa shape index (κ2) is 5.64. The van der Waals surface area contributed by atoms with Crippen LogP contribution in [-0.2, 0) is 13.6 Å². The van der Waals surface area contributed by atoms with Gasteiger partial charge in [-0.05, 0) is 36.8 Å². The number of aryl methyl sites for hydroxylation is 2. The molecule has 0 saturated carbocycles. The molecule has 94 valence electrons. The van der Waals surface area contributed by atoms with Gasteiger partial charge in [0.25, 0.3) is 0 Å². The standard InChI is InChI=1S/C13H16N4S/c1-10-5-3-4-6-12(10)16-13(18)14-9-11-7-8-15-17(11)2/h3-8H,9H2,1-2H3,(H2,14,16,18). The fraction of sp³-hybridized carbons (Fsp3) is 0.231. The Bertz CT molecular complexity index is 547. The second-order valence-electron chi connectivity index (χ2n) is 4.07. The number of rotatable bonds is 3. The van der Waals surface area contributed by atoms with Gasteiger partial charge in [-0.15, -0.1) is 0 Å². The highest BCUT2D eigenvalue weighted by atomic mass is 32.1. The van der Waals surface area contributed by atoms with E-state index in [1.807, 2.05) is 49.0 Å². The van der Waals surface area contributed by atoms with Crippen LogP contribution in [0.25, 0.3) is 0 Å². The first-order valence-corrected chi connectivity index (χ1v) is 6.15. The lowest BCUT2D eigenvalue weighted by molar-refractivity contribution is 0.695. The van der Waals surface area contributed by atoms with Crippen molar-refractivity contribution in [3.8, 4) is 0 Å². The van der Waals surface area contributed by atoms with E-state index in [-0.39, 0.29) is 0 Å². The lowest BCUT2D eigenvalue weighted by atomic mass is 10.2. The van der Waals surface area contributed by atoms with Gasteiger partial charge in [-0.3, -0.25) is 4.68 Å². The van der Waals surface area contributed by atoms with Crippen LogP contribution >= 0.6 is 12.2 Å². The topological polar surface area (TPSA) is 41.9 Å². The predicted octanol–water partition coefficient (Wildman–Crippen LogP) is 2.22. The summed E-state index contributed by atoms with van der Waals surface area (Å²) < 4.78 is 1.82. The van der Waals surface area contributed by atoms with E-state index >= 15 is 0 Å². The van der Waals surface area contributed by atoms with Gasteiger partial charge in [0, 0.05) is 18.9 Å². The van der Waals surface area contributed by atoms with Crippen LogP contribution in [0.3, 0.4) is 0 Å². The Morgan fingerprint density at radius 2 is 2.11 bits per heavy atom. The van der Waals surface area contributed by atoms with Crippen molar-refractivity contribution in [3.63, 3.8) is 0 Å². The van der Waals surface area contributed by atoms with E-state index in [9.17, 15) is 0 Å². The van der Waals surface area contributed by atoms with Gasteiger partial charge >= 0.3 is 0 Å². The lowest BCUT2D eigenvalue weighted by Gasteiger charge is -2.12. The maximum atomic E-state index is 5.26. The number of hydrogen-bond donors (Lipinski definition) is 2. The highest BCUT2D eigenvalue weighted by Gasteiger charge is 2.02. The number of nitrogens with one attached hydrogen (secondary N) is 2. The summed E-state index contributed by atoms with van der Waals surface area (Å²) in [7, 11) is 1.91. The first-order valence-electron chi connectivity index (χ1n) is 5.74. The quantitative estimate of drug-likeness (QED) is 0.830. The molecule has 4 nitrogen and oxygen atoms in total. The molecule has 0 amide bonds. The summed E-state index contributed by atoms with van der Waals surface area (Å²) in [4.78, 5) is 0. The number of para-hydroxylation sites is 1. The zero-order valence-electron chi connectivity index (χ0n) is 10.5. The summed E-state index contributed by atoms with van der Waals surface area (Å²) in [6.45, 7) is 2.71. The molecule has 2 N–H and O–H groups in total. The van der Waals surface area contributed by atoms with Gasteiger partial charge in [-0.1, -0.05) is 18.2 Å². The molecule has 2 aromatic rings. The molecular formula is C13H16N4S. The van der Waals surface area contributed by atoms with Crippen LogP contribution in [0.2, 0.25) is 0 Å². The molecule has 0 radical (unpaired) electrons. The number of nitrogens with zero attached hydrogens (tertiary/aromatic N) is 2. The molecule has 0 aliphatic heterocycles. The summed E-state index contributed by atoms with van der Waals surface area (Å²) in [5.41, 5.74) is 3.28. The summed E-state index contributed by atoms with van der Waals surface area (Å²) in [5.74, 6) is 0. The summed E-state index contributed by atoms with van der Waals surface area (Å²) >= 11 is 5.26.